The first-order valence-corrected chi connectivity index (χ1v) is 4.92. The van der Waals surface area contributed by atoms with Crippen LogP contribution in [0.1, 0.15) is 24.9 Å². The molecule has 0 unspecified atom stereocenters. The lowest BCUT2D eigenvalue weighted by Gasteiger charge is -2.10. The number of ether oxygens (including phenoxy) is 1. The van der Waals surface area contributed by atoms with Gasteiger partial charge >= 0.3 is 0 Å². The smallest absolute Gasteiger partial charge is 0.150 e. The summed E-state index contributed by atoms with van der Waals surface area (Å²) in [7, 11) is 0. The number of carboxylic acid groups (broad SMARTS) is 1. The van der Waals surface area contributed by atoms with E-state index in [1.165, 1.54) is 0 Å². The molecule has 1 atom stereocenters. The fourth-order valence-corrected chi connectivity index (χ4v) is 1.15. The van der Waals surface area contributed by atoms with Crippen LogP contribution in [0, 0.1) is 0 Å². The van der Waals surface area contributed by atoms with Crippen LogP contribution < -0.4 is 15.6 Å². The molecule has 0 saturated heterocycles. The second-order valence-corrected chi connectivity index (χ2v) is 3.29. The van der Waals surface area contributed by atoms with Crippen molar-refractivity contribution in [3.8, 4) is 5.75 Å². The Bertz CT molecular complexity index is 321. The third-order valence-corrected chi connectivity index (χ3v) is 2.04. The largest absolute Gasteiger partial charge is 0.544 e. The van der Waals surface area contributed by atoms with Crippen LogP contribution in [0.2, 0.25) is 0 Å². The molecule has 0 aliphatic heterocycles. The Morgan fingerprint density at radius 1 is 1.47 bits per heavy atom. The highest BCUT2D eigenvalue weighted by Crippen LogP contribution is 2.15. The van der Waals surface area contributed by atoms with Crippen molar-refractivity contribution in [3.63, 3.8) is 0 Å². The maximum Gasteiger partial charge on any atom is 0.150 e. The molecule has 1 aromatic carbocycles. The predicted molar refractivity (Wildman–Crippen MR) is 52.9 cm³/mol. The van der Waals surface area contributed by atoms with E-state index in [0.29, 0.717) is 12.2 Å². The van der Waals surface area contributed by atoms with Crippen molar-refractivity contribution in [1.29, 1.82) is 0 Å². The van der Waals surface area contributed by atoms with Gasteiger partial charge in [-0.05, 0) is 30.7 Å². The molecule has 0 radical (unpaired) electrons. The molecule has 0 aliphatic rings. The number of carbonyl (C=O) groups is 1. The summed E-state index contributed by atoms with van der Waals surface area (Å²) in [6, 6.07) is 6.04. The van der Waals surface area contributed by atoms with Crippen LogP contribution in [0.4, 0.5) is 0 Å². The number of benzene rings is 1. The average Bonchev–Trinajstić information content (AvgIpc) is 2.26. The maximum atomic E-state index is 10.6. The van der Waals surface area contributed by atoms with E-state index in [0.717, 1.165) is 12.2 Å². The SMILES string of the molecule is CCCOc1ccc([C@H]([NH3+])C(=O)[O-])cc1. The van der Waals surface area contributed by atoms with Gasteiger partial charge in [0.15, 0.2) is 6.04 Å². The van der Waals surface area contributed by atoms with Gasteiger partial charge in [-0.15, -0.1) is 0 Å². The Labute approximate surface area is 88.7 Å². The van der Waals surface area contributed by atoms with E-state index in [-0.39, 0.29) is 0 Å². The number of rotatable bonds is 5. The van der Waals surface area contributed by atoms with Gasteiger partial charge in [0.25, 0.3) is 0 Å². The zero-order valence-corrected chi connectivity index (χ0v) is 8.73. The van der Waals surface area contributed by atoms with Gasteiger partial charge in [-0.2, -0.15) is 0 Å². The zero-order valence-electron chi connectivity index (χ0n) is 8.73. The second-order valence-electron chi connectivity index (χ2n) is 3.29. The van der Waals surface area contributed by atoms with Gasteiger partial charge in [0.1, 0.15) is 11.7 Å². The second kappa shape index (κ2) is 5.36. The van der Waals surface area contributed by atoms with Crippen molar-refractivity contribution in [2.75, 3.05) is 6.61 Å². The molecular formula is C11H15NO3. The normalized spacial score (nSPS) is 12.1. The van der Waals surface area contributed by atoms with Crippen LogP contribution in [0.25, 0.3) is 0 Å². The minimum Gasteiger partial charge on any atom is -0.544 e. The van der Waals surface area contributed by atoms with Gasteiger partial charge in [0.2, 0.25) is 0 Å². The standard InChI is InChI=1S/C11H15NO3/c1-2-7-15-9-5-3-8(4-6-9)10(12)11(13)14/h3-6,10H,2,7,12H2,1H3,(H,13,14)/t10-/m0/s1. The van der Waals surface area contributed by atoms with Gasteiger partial charge in [-0.1, -0.05) is 6.92 Å². The highest BCUT2D eigenvalue weighted by Gasteiger charge is 2.09. The van der Waals surface area contributed by atoms with Gasteiger partial charge in [-0.25, -0.2) is 0 Å². The Morgan fingerprint density at radius 3 is 2.53 bits per heavy atom. The van der Waals surface area contributed by atoms with E-state index in [9.17, 15) is 9.90 Å². The van der Waals surface area contributed by atoms with Gasteiger partial charge in [0.05, 0.1) is 6.61 Å². The molecule has 0 aromatic heterocycles. The molecule has 1 aromatic rings. The Hall–Kier alpha value is -1.55. The number of hydrogen-bond donors (Lipinski definition) is 1. The molecule has 0 heterocycles. The summed E-state index contributed by atoms with van der Waals surface area (Å²) in [6.45, 7) is 2.68. The fraction of sp³-hybridized carbons (Fsp3) is 0.364. The van der Waals surface area contributed by atoms with Crippen LogP contribution in [0.15, 0.2) is 24.3 Å². The molecule has 82 valence electrons. The molecule has 3 N–H and O–H groups in total. The number of carboxylic acids is 1. The highest BCUT2D eigenvalue weighted by atomic mass is 16.5. The maximum absolute atomic E-state index is 10.6. The first kappa shape index (κ1) is 11.5. The summed E-state index contributed by atoms with van der Waals surface area (Å²) in [4.78, 5) is 10.6. The average molecular weight is 209 g/mol. The van der Waals surface area contributed by atoms with Crippen molar-refractivity contribution in [2.45, 2.75) is 19.4 Å². The Morgan fingerprint density at radius 2 is 2.07 bits per heavy atom. The lowest BCUT2D eigenvalue weighted by atomic mass is 10.1. The van der Waals surface area contributed by atoms with Crippen LogP contribution in [-0.4, -0.2) is 12.6 Å². The molecule has 0 aliphatic carbocycles. The van der Waals surface area contributed by atoms with Crippen molar-refractivity contribution in [2.24, 2.45) is 0 Å². The molecule has 0 amide bonds. The zero-order chi connectivity index (χ0) is 11.3. The van der Waals surface area contributed by atoms with E-state index in [1.54, 1.807) is 24.3 Å². The fourth-order valence-electron chi connectivity index (χ4n) is 1.15. The number of aliphatic carboxylic acids is 1. The van der Waals surface area contributed by atoms with Crippen LogP contribution in [0.5, 0.6) is 5.75 Å². The first-order valence-electron chi connectivity index (χ1n) is 4.92. The molecule has 0 fully saturated rings. The summed E-state index contributed by atoms with van der Waals surface area (Å²) >= 11 is 0. The Kier molecular flexibility index (Phi) is 4.12. The van der Waals surface area contributed by atoms with Crippen LogP contribution in [0.3, 0.4) is 0 Å². The van der Waals surface area contributed by atoms with Crippen LogP contribution in [-0.2, 0) is 4.79 Å². The lowest BCUT2D eigenvalue weighted by Crippen LogP contribution is -2.60. The molecule has 0 spiro atoms. The Balaban J connectivity index is 2.67. The third-order valence-electron chi connectivity index (χ3n) is 2.04. The summed E-state index contributed by atoms with van der Waals surface area (Å²) in [5.74, 6) is -0.427. The molecule has 0 saturated carbocycles. The minimum atomic E-state index is -1.17. The van der Waals surface area contributed by atoms with E-state index >= 15 is 0 Å². The summed E-state index contributed by atoms with van der Waals surface area (Å²) < 4.78 is 5.37. The van der Waals surface area contributed by atoms with Crippen molar-refractivity contribution in [1.82, 2.24) is 0 Å². The molecule has 1 rings (SSSR count). The van der Waals surface area contributed by atoms with E-state index in [2.05, 4.69) is 5.73 Å². The van der Waals surface area contributed by atoms with Crippen molar-refractivity contribution < 1.29 is 20.4 Å². The number of quaternary nitrogens is 1. The molecule has 15 heavy (non-hydrogen) atoms. The predicted octanol–water partition coefficient (Wildman–Crippen LogP) is -0.492. The van der Waals surface area contributed by atoms with Gasteiger partial charge < -0.3 is 20.4 Å². The first-order chi connectivity index (χ1) is 7.15. The molecule has 0 bridgehead atoms. The monoisotopic (exact) mass is 209 g/mol. The number of hydrogen-bond acceptors (Lipinski definition) is 3. The summed E-state index contributed by atoms with van der Waals surface area (Å²) in [5.41, 5.74) is 4.12. The quantitative estimate of drug-likeness (QED) is 0.710. The van der Waals surface area contributed by atoms with Crippen LogP contribution >= 0.6 is 0 Å². The molecule has 4 heteroatoms. The highest BCUT2D eigenvalue weighted by molar-refractivity contribution is 5.71. The third kappa shape index (κ3) is 3.25. The molecule has 4 nitrogen and oxygen atoms in total. The molecular weight excluding hydrogens is 194 g/mol. The van der Waals surface area contributed by atoms with Gasteiger partial charge in [-0.3, -0.25) is 0 Å². The van der Waals surface area contributed by atoms with E-state index in [4.69, 9.17) is 4.74 Å². The van der Waals surface area contributed by atoms with Gasteiger partial charge in [0, 0.05) is 5.56 Å². The number of carbonyl (C=O) groups excluding carboxylic acids is 1. The minimum absolute atomic E-state index is 0.624. The van der Waals surface area contributed by atoms with E-state index in [1.807, 2.05) is 6.92 Å². The summed E-state index contributed by atoms with van der Waals surface area (Å²) in [6.07, 6.45) is 0.943. The lowest BCUT2D eigenvalue weighted by molar-refractivity contribution is -0.443. The van der Waals surface area contributed by atoms with Crippen molar-refractivity contribution in [3.05, 3.63) is 29.8 Å². The van der Waals surface area contributed by atoms with E-state index < -0.39 is 12.0 Å². The topological polar surface area (TPSA) is 77.0 Å². The van der Waals surface area contributed by atoms with Crippen molar-refractivity contribution >= 4 is 5.97 Å². The summed E-state index contributed by atoms with van der Waals surface area (Å²) in [5, 5.41) is 10.6.